The van der Waals surface area contributed by atoms with Crippen LogP contribution in [0.3, 0.4) is 0 Å². The maximum absolute atomic E-state index is 13.6. The lowest BCUT2D eigenvalue weighted by Gasteiger charge is -2.28. The molecule has 0 bridgehead atoms. The summed E-state index contributed by atoms with van der Waals surface area (Å²) in [5.74, 6) is -1.60. The maximum atomic E-state index is 13.6. The van der Waals surface area contributed by atoms with Gasteiger partial charge in [-0.1, -0.05) is 73.8 Å². The van der Waals surface area contributed by atoms with Gasteiger partial charge in [-0.2, -0.15) is 0 Å². The van der Waals surface area contributed by atoms with Crippen LogP contribution in [0.2, 0.25) is 0 Å². The maximum Gasteiger partial charge on any atom is 0.343 e. The average Bonchev–Trinajstić information content (AvgIpc) is 3.32. The Balaban J connectivity index is 0.888. The Hall–Kier alpha value is -7.16. The van der Waals surface area contributed by atoms with Crippen molar-refractivity contribution in [2.45, 2.75) is 35.5 Å². The van der Waals surface area contributed by atoms with Crippen molar-refractivity contribution in [1.82, 2.24) is 0 Å². The van der Waals surface area contributed by atoms with Gasteiger partial charge < -0.3 is 28.4 Å². The lowest BCUT2D eigenvalue weighted by atomic mass is 9.81. The molecule has 12 nitrogen and oxygen atoms in total. The van der Waals surface area contributed by atoms with Gasteiger partial charge in [0.2, 0.25) is 13.6 Å². The number of hydrogen-bond acceptors (Lipinski definition) is 14. The first-order valence-electron chi connectivity index (χ1n) is 20.0. The van der Waals surface area contributed by atoms with E-state index < -0.39 is 35.7 Å². The van der Waals surface area contributed by atoms with Crippen molar-refractivity contribution in [2.75, 3.05) is 13.6 Å². The van der Waals surface area contributed by atoms with E-state index in [2.05, 4.69) is 13.2 Å². The molecular weight excluding hydrogens is 857 g/mol. The number of hydrogen-bond donors (Lipinski definition) is 0. The van der Waals surface area contributed by atoms with Crippen LogP contribution in [0.15, 0.2) is 156 Å². The fourth-order valence-corrected chi connectivity index (χ4v) is 8.75. The summed E-state index contributed by atoms with van der Waals surface area (Å²) in [5, 5.41) is 2.98. The topological polar surface area (TPSA) is 158 Å². The van der Waals surface area contributed by atoms with Gasteiger partial charge >= 0.3 is 23.9 Å². The summed E-state index contributed by atoms with van der Waals surface area (Å²) in [6.07, 6.45) is 5.00. The van der Waals surface area contributed by atoms with Gasteiger partial charge in [0.25, 0.3) is 0 Å². The molecule has 0 saturated heterocycles. The highest BCUT2D eigenvalue weighted by Crippen LogP contribution is 2.40. The van der Waals surface area contributed by atoms with Crippen LogP contribution in [-0.2, 0) is 28.7 Å². The minimum atomic E-state index is -0.591. The van der Waals surface area contributed by atoms with Crippen LogP contribution < -0.4 is 18.9 Å². The molecule has 0 unspecified atom stereocenters. The molecule has 1 aliphatic rings. The fourth-order valence-electron chi connectivity index (χ4n) is 6.87. The zero-order valence-corrected chi connectivity index (χ0v) is 35.9. The molecule has 6 aromatic carbocycles. The number of rotatable bonds is 16. The Morgan fingerprint density at radius 1 is 0.484 bits per heavy atom. The number of benzene rings is 6. The number of thioether (sulfide) groups is 2. The molecule has 0 spiro atoms. The summed E-state index contributed by atoms with van der Waals surface area (Å²) in [6, 6.07) is 34.0. The summed E-state index contributed by atoms with van der Waals surface area (Å²) >= 11 is 2.14. The highest BCUT2D eigenvalue weighted by atomic mass is 32.2. The van der Waals surface area contributed by atoms with Crippen molar-refractivity contribution in [1.29, 1.82) is 0 Å². The molecule has 0 aliphatic heterocycles. The molecule has 0 radical (unpaired) electrons. The van der Waals surface area contributed by atoms with E-state index in [0.29, 0.717) is 56.8 Å². The monoisotopic (exact) mass is 896 g/mol. The number of esters is 4. The molecule has 2 atom stereocenters. The molecule has 0 heterocycles. The van der Waals surface area contributed by atoms with Gasteiger partial charge in [0, 0.05) is 33.8 Å². The number of carbonyl (C=O) groups is 6. The highest BCUT2D eigenvalue weighted by Gasteiger charge is 2.36. The van der Waals surface area contributed by atoms with E-state index in [0.717, 1.165) is 70.1 Å². The third-order valence-corrected chi connectivity index (χ3v) is 12.2. The van der Waals surface area contributed by atoms with Crippen LogP contribution >= 0.6 is 23.5 Å². The van der Waals surface area contributed by atoms with Crippen molar-refractivity contribution in [2.24, 2.45) is 11.8 Å². The zero-order chi connectivity index (χ0) is 45.0. The van der Waals surface area contributed by atoms with Gasteiger partial charge in [-0.15, -0.1) is 0 Å². The molecule has 0 N–H and O–H groups in total. The van der Waals surface area contributed by atoms with Crippen LogP contribution in [0.25, 0.3) is 21.5 Å². The Kier molecular flexibility index (Phi) is 14.9. The van der Waals surface area contributed by atoms with E-state index in [-0.39, 0.29) is 23.8 Å². The normalized spacial score (nSPS) is 14.4. The van der Waals surface area contributed by atoms with E-state index in [1.54, 1.807) is 121 Å². The predicted molar refractivity (Wildman–Crippen MR) is 241 cm³/mol. The first-order chi connectivity index (χ1) is 31.0. The van der Waals surface area contributed by atoms with Gasteiger partial charge in [-0.3, -0.25) is 9.59 Å². The van der Waals surface area contributed by atoms with Crippen LogP contribution in [0.5, 0.6) is 23.0 Å². The number of fused-ring (bicyclic) bond motifs is 2. The third-order valence-electron chi connectivity index (χ3n) is 10.2. The summed E-state index contributed by atoms with van der Waals surface area (Å²) in [7, 11) is 0. The van der Waals surface area contributed by atoms with E-state index in [4.69, 9.17) is 28.4 Å². The summed E-state index contributed by atoms with van der Waals surface area (Å²) < 4.78 is 31.8. The van der Waals surface area contributed by atoms with Gasteiger partial charge in [0.05, 0.1) is 11.1 Å². The van der Waals surface area contributed by atoms with Crippen molar-refractivity contribution in [3.63, 3.8) is 0 Å². The summed E-state index contributed by atoms with van der Waals surface area (Å²) in [6.45, 7) is 6.16. The zero-order valence-electron chi connectivity index (χ0n) is 34.2. The van der Waals surface area contributed by atoms with Crippen molar-refractivity contribution < 1.29 is 57.2 Å². The summed E-state index contributed by atoms with van der Waals surface area (Å²) in [5.41, 5.74) is 0.683. The molecule has 6 aromatic rings. The van der Waals surface area contributed by atoms with Gasteiger partial charge in [0.1, 0.15) is 23.0 Å². The van der Waals surface area contributed by atoms with Gasteiger partial charge in [0.15, 0.2) is 10.2 Å². The average molecular weight is 897 g/mol. The largest absolute Gasteiger partial charge is 0.457 e. The van der Waals surface area contributed by atoms with Crippen molar-refractivity contribution in [3.8, 4) is 23.0 Å². The highest BCUT2D eigenvalue weighted by molar-refractivity contribution is 8.14. The fraction of sp³-hybridized carbons (Fsp3) is 0.160. The quantitative estimate of drug-likeness (QED) is 0.0297. The predicted octanol–water partition coefficient (Wildman–Crippen LogP) is 10.3. The lowest BCUT2D eigenvalue weighted by Crippen LogP contribution is -2.30. The van der Waals surface area contributed by atoms with Gasteiger partial charge in [-0.05, 0) is 131 Å². The molecule has 1 saturated carbocycles. The van der Waals surface area contributed by atoms with Gasteiger partial charge in [-0.25, -0.2) is 19.2 Å². The minimum absolute atomic E-state index is 0.0952. The molecule has 14 heteroatoms. The second kappa shape index (κ2) is 21.3. The Labute approximate surface area is 376 Å². The molecule has 1 fully saturated rings. The molecule has 1 aliphatic carbocycles. The van der Waals surface area contributed by atoms with Crippen molar-refractivity contribution in [3.05, 3.63) is 158 Å². The minimum Gasteiger partial charge on any atom is -0.457 e. The Morgan fingerprint density at radius 3 is 1.23 bits per heavy atom. The Bertz CT molecular complexity index is 2560. The molecule has 7 rings (SSSR count). The smallest absolute Gasteiger partial charge is 0.343 e. The Morgan fingerprint density at radius 2 is 0.844 bits per heavy atom. The first-order valence-corrected chi connectivity index (χ1v) is 21.7. The first kappa shape index (κ1) is 44.9. The molecular formula is C50H40O12S2. The summed E-state index contributed by atoms with van der Waals surface area (Å²) in [4.78, 5) is 77.1. The van der Waals surface area contributed by atoms with Crippen LogP contribution in [0, 0.1) is 11.8 Å². The lowest BCUT2D eigenvalue weighted by molar-refractivity contribution is -0.145. The second-order valence-corrected chi connectivity index (χ2v) is 16.5. The standard InChI is InChI=1S/C50H40O12S2/c1-3-45(51)59-29-57-39-15-13-31-25-35(11-9-33(31)27-39)47(53)61-37-17-21-41(22-18-37)63-49(55)43-7-5-6-8-44(43)50(56)64-42-23-19-38(20-24-42)62-48(54)36-12-10-34-28-40(16-14-32(34)26-36)58-30-60-46(52)4-2/h3-4,9-28,43-44H,1-2,5-8,29-30H2/t43-,44-/m0/s1. The molecule has 0 amide bonds. The molecule has 0 aromatic heterocycles. The second-order valence-electron chi connectivity index (χ2n) is 14.4. The van der Waals surface area contributed by atoms with E-state index in [1.807, 2.05) is 0 Å². The van der Waals surface area contributed by atoms with Crippen LogP contribution in [0.1, 0.15) is 46.4 Å². The number of carbonyl (C=O) groups excluding carboxylic acids is 6. The number of ether oxygens (including phenoxy) is 6. The van der Waals surface area contributed by atoms with Crippen LogP contribution in [0.4, 0.5) is 0 Å². The van der Waals surface area contributed by atoms with E-state index in [9.17, 15) is 28.8 Å². The van der Waals surface area contributed by atoms with Crippen LogP contribution in [-0.4, -0.2) is 47.7 Å². The van der Waals surface area contributed by atoms with Crippen molar-refractivity contribution >= 4 is 79.2 Å². The van der Waals surface area contributed by atoms with E-state index >= 15 is 0 Å². The third kappa shape index (κ3) is 11.8. The SMILES string of the molecule is C=CC(=O)OCOc1ccc2cc(C(=O)Oc3ccc(SC(=O)[C@H]4CCCC[C@@H]4C(=O)Sc4ccc(OC(=O)c5ccc6cc(OCOC(=O)C=C)ccc6c5)cc4)cc3)ccc2c1. The van der Waals surface area contributed by atoms with E-state index in [1.165, 1.54) is 0 Å². The molecule has 324 valence electrons. The molecule has 64 heavy (non-hydrogen) atoms.